The van der Waals surface area contributed by atoms with E-state index in [0.29, 0.717) is 25.9 Å². The molecule has 1 aliphatic rings. The summed E-state index contributed by atoms with van der Waals surface area (Å²) in [6.07, 6.45) is -3.48. The molecule has 8 heteroatoms. The largest absolute Gasteiger partial charge is 0.416 e. The highest BCUT2D eigenvalue weighted by atomic mass is 19.4. The number of anilines is 1. The summed E-state index contributed by atoms with van der Waals surface area (Å²) in [4.78, 5) is 25.8. The Hall–Kier alpha value is -2.25. The third kappa shape index (κ3) is 5.37. The Morgan fingerprint density at radius 2 is 1.84 bits per heavy atom. The lowest BCUT2D eigenvalue weighted by atomic mass is 9.96. The van der Waals surface area contributed by atoms with Gasteiger partial charge >= 0.3 is 12.2 Å². The van der Waals surface area contributed by atoms with Gasteiger partial charge in [-0.1, -0.05) is 6.07 Å². The molecule has 0 radical (unpaired) electrons. The fourth-order valence-corrected chi connectivity index (χ4v) is 2.70. The first-order valence-corrected chi connectivity index (χ1v) is 8.20. The molecule has 1 heterocycles. The van der Waals surface area contributed by atoms with E-state index in [2.05, 4.69) is 10.6 Å². The fourth-order valence-electron chi connectivity index (χ4n) is 2.70. The molecule has 0 atom stereocenters. The second-order valence-electron chi connectivity index (χ2n) is 6.43. The van der Waals surface area contributed by atoms with Crippen LogP contribution in [-0.4, -0.2) is 36.0 Å². The van der Waals surface area contributed by atoms with E-state index >= 15 is 0 Å². The van der Waals surface area contributed by atoms with Crippen molar-refractivity contribution in [1.82, 2.24) is 10.2 Å². The molecule has 2 N–H and O–H groups in total. The Kier molecular flexibility index (Phi) is 5.92. The van der Waals surface area contributed by atoms with Crippen LogP contribution in [0.4, 0.5) is 23.7 Å². The van der Waals surface area contributed by atoms with E-state index < -0.39 is 11.7 Å². The average Bonchev–Trinajstić information content (AvgIpc) is 2.54. The first-order valence-electron chi connectivity index (χ1n) is 8.20. The molecular formula is C17H22F3N3O2. The predicted molar refractivity (Wildman–Crippen MR) is 88.0 cm³/mol. The summed E-state index contributed by atoms with van der Waals surface area (Å²) in [6, 6.07) is 4.45. The second-order valence-corrected chi connectivity index (χ2v) is 6.43. The van der Waals surface area contributed by atoms with Gasteiger partial charge in [-0.15, -0.1) is 0 Å². The van der Waals surface area contributed by atoms with Crippen molar-refractivity contribution < 1.29 is 22.8 Å². The van der Waals surface area contributed by atoms with Gasteiger partial charge in [0, 0.05) is 30.7 Å². The molecular weight excluding hydrogens is 335 g/mol. The van der Waals surface area contributed by atoms with Gasteiger partial charge in [0.25, 0.3) is 0 Å². The maximum absolute atomic E-state index is 12.7. The molecule has 1 fully saturated rings. The number of benzene rings is 1. The normalized spacial score (nSPS) is 16.0. The van der Waals surface area contributed by atoms with Crippen LogP contribution in [0.3, 0.4) is 0 Å². The number of likely N-dealkylation sites (tertiary alicyclic amines) is 1. The third-order valence-corrected chi connectivity index (χ3v) is 4.02. The van der Waals surface area contributed by atoms with E-state index in [4.69, 9.17) is 0 Å². The predicted octanol–water partition coefficient (Wildman–Crippen LogP) is 3.47. The summed E-state index contributed by atoms with van der Waals surface area (Å²) in [5, 5.41) is 5.34. The molecule has 3 amide bonds. The van der Waals surface area contributed by atoms with Gasteiger partial charge in [-0.2, -0.15) is 13.2 Å². The third-order valence-electron chi connectivity index (χ3n) is 4.02. The van der Waals surface area contributed by atoms with Gasteiger partial charge in [-0.25, -0.2) is 4.79 Å². The number of piperidine rings is 1. The molecule has 25 heavy (non-hydrogen) atoms. The lowest BCUT2D eigenvalue weighted by Gasteiger charge is -2.32. The van der Waals surface area contributed by atoms with Crippen molar-refractivity contribution in [2.24, 2.45) is 5.92 Å². The monoisotopic (exact) mass is 357 g/mol. The van der Waals surface area contributed by atoms with Gasteiger partial charge in [-0.05, 0) is 44.9 Å². The summed E-state index contributed by atoms with van der Waals surface area (Å²) >= 11 is 0. The minimum Gasteiger partial charge on any atom is -0.336 e. The van der Waals surface area contributed by atoms with Crippen molar-refractivity contribution in [2.45, 2.75) is 38.9 Å². The smallest absolute Gasteiger partial charge is 0.336 e. The number of nitrogens with zero attached hydrogens (tertiary/aromatic N) is 1. The molecule has 2 rings (SSSR count). The summed E-state index contributed by atoms with van der Waals surface area (Å²) in [5.74, 6) is -0.638. The molecule has 1 saturated heterocycles. The topological polar surface area (TPSA) is 61.4 Å². The van der Waals surface area contributed by atoms with Crippen molar-refractivity contribution in [3.63, 3.8) is 0 Å². The number of hydrogen-bond donors (Lipinski definition) is 2. The van der Waals surface area contributed by atoms with E-state index in [9.17, 15) is 22.8 Å². The van der Waals surface area contributed by atoms with Gasteiger partial charge < -0.3 is 15.5 Å². The van der Waals surface area contributed by atoms with Crippen molar-refractivity contribution in [1.29, 1.82) is 0 Å². The van der Waals surface area contributed by atoms with E-state index in [0.717, 1.165) is 12.1 Å². The molecule has 1 aromatic rings. The Morgan fingerprint density at radius 3 is 2.40 bits per heavy atom. The Morgan fingerprint density at radius 1 is 1.20 bits per heavy atom. The molecule has 0 spiro atoms. The second kappa shape index (κ2) is 7.76. The SMILES string of the molecule is CC(C)NC(=O)N1CCC(C(=O)Nc2cccc(C(F)(F)F)c2)CC1. The number of alkyl halides is 3. The van der Waals surface area contributed by atoms with Gasteiger partial charge in [0.1, 0.15) is 0 Å². The number of carbonyl (C=O) groups is 2. The standard InChI is InChI=1S/C17H22F3N3O2/c1-11(2)21-16(25)23-8-6-12(7-9-23)15(24)22-14-5-3-4-13(10-14)17(18,19)20/h3-5,10-12H,6-9H2,1-2H3,(H,21,25)(H,22,24). The number of urea groups is 1. The van der Waals surface area contributed by atoms with Crippen LogP contribution in [0, 0.1) is 5.92 Å². The minimum absolute atomic E-state index is 0.0365. The fraction of sp³-hybridized carbons (Fsp3) is 0.529. The summed E-state index contributed by atoms with van der Waals surface area (Å²) < 4.78 is 38.1. The molecule has 0 aliphatic carbocycles. The van der Waals surface area contributed by atoms with Crippen molar-refractivity contribution >= 4 is 17.6 Å². The van der Waals surface area contributed by atoms with Crippen LogP contribution in [0.5, 0.6) is 0 Å². The highest BCUT2D eigenvalue weighted by Gasteiger charge is 2.31. The molecule has 5 nitrogen and oxygen atoms in total. The molecule has 1 aromatic carbocycles. The zero-order valence-corrected chi connectivity index (χ0v) is 14.2. The highest BCUT2D eigenvalue weighted by Crippen LogP contribution is 2.31. The summed E-state index contributed by atoms with van der Waals surface area (Å²) in [6.45, 7) is 4.62. The van der Waals surface area contributed by atoms with Crippen molar-refractivity contribution in [3.05, 3.63) is 29.8 Å². The lowest BCUT2D eigenvalue weighted by Crippen LogP contribution is -2.47. The van der Waals surface area contributed by atoms with Crippen LogP contribution in [0.15, 0.2) is 24.3 Å². The van der Waals surface area contributed by atoms with E-state index in [1.807, 2.05) is 13.8 Å². The number of halogens is 3. The Labute approximate surface area is 144 Å². The van der Waals surface area contributed by atoms with Crippen LogP contribution in [0.25, 0.3) is 0 Å². The van der Waals surface area contributed by atoms with E-state index in [1.165, 1.54) is 12.1 Å². The zero-order valence-electron chi connectivity index (χ0n) is 14.2. The van der Waals surface area contributed by atoms with E-state index in [-0.39, 0.29) is 29.6 Å². The molecule has 0 aromatic heterocycles. The maximum atomic E-state index is 12.7. The zero-order chi connectivity index (χ0) is 18.6. The van der Waals surface area contributed by atoms with Crippen LogP contribution in [0.1, 0.15) is 32.3 Å². The van der Waals surface area contributed by atoms with Gasteiger partial charge in [0.2, 0.25) is 5.91 Å². The highest BCUT2D eigenvalue weighted by molar-refractivity contribution is 5.92. The Bertz CT molecular complexity index is 624. The van der Waals surface area contributed by atoms with Crippen molar-refractivity contribution in [2.75, 3.05) is 18.4 Å². The van der Waals surface area contributed by atoms with E-state index in [1.54, 1.807) is 4.90 Å². The molecule has 0 bridgehead atoms. The first kappa shape index (κ1) is 19.1. The molecule has 138 valence electrons. The first-order chi connectivity index (χ1) is 11.7. The van der Waals surface area contributed by atoms with Gasteiger partial charge in [-0.3, -0.25) is 4.79 Å². The number of carbonyl (C=O) groups excluding carboxylic acids is 2. The minimum atomic E-state index is -4.45. The molecule has 0 unspecified atom stereocenters. The maximum Gasteiger partial charge on any atom is 0.416 e. The molecule has 1 aliphatic heterocycles. The van der Waals surface area contributed by atoms with Crippen LogP contribution in [-0.2, 0) is 11.0 Å². The summed E-state index contributed by atoms with van der Waals surface area (Å²) in [7, 11) is 0. The van der Waals surface area contributed by atoms with Crippen LogP contribution >= 0.6 is 0 Å². The number of rotatable bonds is 3. The number of amides is 3. The van der Waals surface area contributed by atoms with Gasteiger partial charge in [0.15, 0.2) is 0 Å². The quantitative estimate of drug-likeness (QED) is 0.870. The average molecular weight is 357 g/mol. The number of hydrogen-bond acceptors (Lipinski definition) is 2. The van der Waals surface area contributed by atoms with Crippen LogP contribution < -0.4 is 10.6 Å². The molecule has 0 saturated carbocycles. The Balaban J connectivity index is 1.90. The lowest BCUT2D eigenvalue weighted by molar-refractivity contribution is -0.137. The number of nitrogens with one attached hydrogen (secondary N) is 2. The van der Waals surface area contributed by atoms with Crippen LogP contribution in [0.2, 0.25) is 0 Å². The van der Waals surface area contributed by atoms with Gasteiger partial charge in [0.05, 0.1) is 5.56 Å². The summed E-state index contributed by atoms with van der Waals surface area (Å²) in [5.41, 5.74) is -0.676. The van der Waals surface area contributed by atoms with Crippen molar-refractivity contribution in [3.8, 4) is 0 Å².